The Kier molecular flexibility index (Phi) is 3.96. The minimum Gasteiger partial charge on any atom is -0.371 e. The summed E-state index contributed by atoms with van der Waals surface area (Å²) in [5, 5.41) is 0. The number of hydrogen-bond acceptors (Lipinski definition) is 2. The summed E-state index contributed by atoms with van der Waals surface area (Å²) < 4.78 is 0. The highest BCUT2D eigenvalue weighted by Gasteiger charge is 2.24. The molecule has 0 aromatic heterocycles. The fraction of sp³-hybridized carbons (Fsp3) is 0.625. The van der Waals surface area contributed by atoms with E-state index in [0.29, 0.717) is 5.41 Å². The summed E-state index contributed by atoms with van der Waals surface area (Å²) in [6, 6.07) is 8.70. The fourth-order valence-electron chi connectivity index (χ4n) is 2.82. The van der Waals surface area contributed by atoms with Gasteiger partial charge in [-0.3, -0.25) is 0 Å². The first-order chi connectivity index (χ1) is 8.49. The molecule has 1 saturated heterocycles. The van der Waals surface area contributed by atoms with Gasteiger partial charge < -0.3 is 10.6 Å². The van der Waals surface area contributed by atoms with Gasteiger partial charge in [-0.25, -0.2) is 0 Å². The van der Waals surface area contributed by atoms with E-state index in [-0.39, 0.29) is 6.04 Å². The summed E-state index contributed by atoms with van der Waals surface area (Å²) in [7, 11) is 0. The van der Waals surface area contributed by atoms with E-state index in [1.807, 2.05) is 0 Å². The van der Waals surface area contributed by atoms with Crippen molar-refractivity contribution in [3.8, 4) is 0 Å². The van der Waals surface area contributed by atoms with Crippen LogP contribution in [0.1, 0.15) is 51.6 Å². The fourth-order valence-corrected chi connectivity index (χ4v) is 2.82. The zero-order chi connectivity index (χ0) is 13.2. The van der Waals surface area contributed by atoms with Gasteiger partial charge in [0.05, 0.1) is 0 Å². The Labute approximate surface area is 111 Å². The summed E-state index contributed by atoms with van der Waals surface area (Å²) in [5.41, 5.74) is 9.18. The van der Waals surface area contributed by atoms with Crippen molar-refractivity contribution >= 4 is 5.69 Å². The SMILES string of the molecule is CC(N)c1ccccc1N1CCCC(C)(C)CC1. The standard InChI is InChI=1S/C16H26N2/c1-13(17)14-7-4-5-8-15(14)18-11-6-9-16(2,3)10-12-18/h4-5,7-8,13H,6,9-12,17H2,1-3H3. The normalized spacial score (nSPS) is 21.4. The van der Waals surface area contributed by atoms with Crippen molar-refractivity contribution in [2.45, 2.75) is 46.1 Å². The topological polar surface area (TPSA) is 29.3 Å². The molecule has 1 aromatic rings. The van der Waals surface area contributed by atoms with E-state index in [4.69, 9.17) is 5.73 Å². The van der Waals surface area contributed by atoms with Gasteiger partial charge >= 0.3 is 0 Å². The first-order valence-corrected chi connectivity index (χ1v) is 7.09. The molecule has 1 aliphatic rings. The average molecular weight is 246 g/mol. The molecule has 2 heteroatoms. The second kappa shape index (κ2) is 5.31. The van der Waals surface area contributed by atoms with Crippen LogP contribution in [-0.2, 0) is 0 Å². The van der Waals surface area contributed by atoms with Crippen LogP contribution in [-0.4, -0.2) is 13.1 Å². The van der Waals surface area contributed by atoms with Crippen molar-refractivity contribution in [2.75, 3.05) is 18.0 Å². The molecule has 0 bridgehead atoms. The molecule has 0 radical (unpaired) electrons. The molecule has 100 valence electrons. The van der Waals surface area contributed by atoms with Crippen molar-refractivity contribution in [1.29, 1.82) is 0 Å². The smallest absolute Gasteiger partial charge is 0.0414 e. The molecule has 1 aromatic carbocycles. The zero-order valence-electron chi connectivity index (χ0n) is 11.9. The molecule has 2 nitrogen and oxygen atoms in total. The Bertz CT molecular complexity index is 396. The number of nitrogens with two attached hydrogens (primary N) is 1. The van der Waals surface area contributed by atoms with Gasteiger partial charge in [-0.2, -0.15) is 0 Å². The lowest BCUT2D eigenvalue weighted by molar-refractivity contribution is 0.325. The molecule has 1 aliphatic heterocycles. The summed E-state index contributed by atoms with van der Waals surface area (Å²) >= 11 is 0. The van der Waals surface area contributed by atoms with Gasteiger partial charge in [-0.05, 0) is 43.2 Å². The first kappa shape index (κ1) is 13.4. The molecule has 2 rings (SSSR count). The lowest BCUT2D eigenvalue weighted by Gasteiger charge is -2.27. The lowest BCUT2D eigenvalue weighted by Crippen LogP contribution is -2.27. The minimum atomic E-state index is 0.109. The van der Waals surface area contributed by atoms with Crippen molar-refractivity contribution < 1.29 is 0 Å². The lowest BCUT2D eigenvalue weighted by atomic mass is 9.85. The Morgan fingerprint density at radius 3 is 2.61 bits per heavy atom. The summed E-state index contributed by atoms with van der Waals surface area (Å²) in [5.74, 6) is 0. The molecule has 1 unspecified atom stereocenters. The summed E-state index contributed by atoms with van der Waals surface area (Å²) in [6.07, 6.45) is 3.87. The van der Waals surface area contributed by atoms with Crippen LogP contribution in [0.5, 0.6) is 0 Å². The van der Waals surface area contributed by atoms with Crippen molar-refractivity contribution in [3.05, 3.63) is 29.8 Å². The van der Waals surface area contributed by atoms with Crippen LogP contribution in [0.2, 0.25) is 0 Å². The second-order valence-corrected chi connectivity index (χ2v) is 6.35. The van der Waals surface area contributed by atoms with E-state index < -0.39 is 0 Å². The van der Waals surface area contributed by atoms with Crippen LogP contribution < -0.4 is 10.6 Å². The number of para-hydroxylation sites is 1. The van der Waals surface area contributed by atoms with Crippen molar-refractivity contribution in [1.82, 2.24) is 0 Å². The van der Waals surface area contributed by atoms with E-state index >= 15 is 0 Å². The Balaban J connectivity index is 2.21. The van der Waals surface area contributed by atoms with E-state index in [2.05, 4.69) is 49.9 Å². The van der Waals surface area contributed by atoms with Gasteiger partial charge in [-0.15, -0.1) is 0 Å². The molecule has 0 amide bonds. The highest BCUT2D eigenvalue weighted by Crippen LogP contribution is 2.33. The quantitative estimate of drug-likeness (QED) is 0.861. The van der Waals surface area contributed by atoms with Crippen LogP contribution in [0, 0.1) is 5.41 Å². The van der Waals surface area contributed by atoms with E-state index in [0.717, 1.165) is 13.1 Å². The van der Waals surface area contributed by atoms with Gasteiger partial charge in [0, 0.05) is 24.8 Å². The van der Waals surface area contributed by atoms with Crippen LogP contribution in [0.15, 0.2) is 24.3 Å². The van der Waals surface area contributed by atoms with Crippen molar-refractivity contribution in [2.24, 2.45) is 11.1 Å². The van der Waals surface area contributed by atoms with Gasteiger partial charge in [0.25, 0.3) is 0 Å². The number of nitrogens with zero attached hydrogens (tertiary/aromatic N) is 1. The number of benzene rings is 1. The predicted octanol–water partition coefficient (Wildman–Crippen LogP) is 3.72. The van der Waals surface area contributed by atoms with Crippen LogP contribution in [0.4, 0.5) is 5.69 Å². The Morgan fingerprint density at radius 2 is 1.89 bits per heavy atom. The largest absolute Gasteiger partial charge is 0.371 e. The van der Waals surface area contributed by atoms with Crippen LogP contribution in [0.3, 0.4) is 0 Å². The maximum absolute atomic E-state index is 6.09. The monoisotopic (exact) mass is 246 g/mol. The maximum atomic E-state index is 6.09. The summed E-state index contributed by atoms with van der Waals surface area (Å²) in [6.45, 7) is 9.15. The van der Waals surface area contributed by atoms with Gasteiger partial charge in [-0.1, -0.05) is 32.0 Å². The predicted molar refractivity (Wildman–Crippen MR) is 78.9 cm³/mol. The average Bonchev–Trinajstić information content (AvgIpc) is 2.50. The van der Waals surface area contributed by atoms with Crippen LogP contribution >= 0.6 is 0 Å². The van der Waals surface area contributed by atoms with Gasteiger partial charge in [0.2, 0.25) is 0 Å². The molecule has 0 spiro atoms. The van der Waals surface area contributed by atoms with Gasteiger partial charge in [0.15, 0.2) is 0 Å². The number of rotatable bonds is 2. The van der Waals surface area contributed by atoms with E-state index in [1.54, 1.807) is 0 Å². The molecule has 0 saturated carbocycles. The molecule has 1 atom stereocenters. The molecule has 1 heterocycles. The number of hydrogen-bond donors (Lipinski definition) is 1. The highest BCUT2D eigenvalue weighted by molar-refractivity contribution is 5.55. The van der Waals surface area contributed by atoms with E-state index in [1.165, 1.54) is 30.5 Å². The van der Waals surface area contributed by atoms with Crippen molar-refractivity contribution in [3.63, 3.8) is 0 Å². The molecular weight excluding hydrogens is 220 g/mol. The molecular formula is C16H26N2. The third kappa shape index (κ3) is 3.05. The molecule has 1 fully saturated rings. The third-order valence-corrected chi connectivity index (χ3v) is 4.11. The third-order valence-electron chi connectivity index (χ3n) is 4.11. The van der Waals surface area contributed by atoms with Gasteiger partial charge in [0.1, 0.15) is 0 Å². The van der Waals surface area contributed by atoms with E-state index in [9.17, 15) is 0 Å². The minimum absolute atomic E-state index is 0.109. The molecule has 0 aliphatic carbocycles. The molecule has 2 N–H and O–H groups in total. The first-order valence-electron chi connectivity index (χ1n) is 7.09. The maximum Gasteiger partial charge on any atom is 0.0414 e. The highest BCUT2D eigenvalue weighted by atomic mass is 15.1. The Morgan fingerprint density at radius 1 is 1.17 bits per heavy atom. The molecule has 18 heavy (non-hydrogen) atoms. The zero-order valence-corrected chi connectivity index (χ0v) is 11.9. The second-order valence-electron chi connectivity index (χ2n) is 6.35. The summed E-state index contributed by atoms with van der Waals surface area (Å²) in [4.78, 5) is 2.52. The Hall–Kier alpha value is -1.02. The number of anilines is 1. The van der Waals surface area contributed by atoms with Crippen LogP contribution in [0.25, 0.3) is 0 Å².